The van der Waals surface area contributed by atoms with E-state index in [1.54, 1.807) is 0 Å². The summed E-state index contributed by atoms with van der Waals surface area (Å²) in [5, 5.41) is 6.95. The molecule has 0 aliphatic carbocycles. The molecule has 4 nitrogen and oxygen atoms in total. The van der Waals surface area contributed by atoms with Crippen LogP contribution in [-0.4, -0.2) is 21.6 Å². The SMILES string of the molecule is Cc1c(C)c(-c2ccc(NC(C)C)cc2)c2c(ncn2C)c1-c1ccc(NC(C)C)cc1. The fraction of sp³-hybridized carbons (Fsp3) is 0.321. The summed E-state index contributed by atoms with van der Waals surface area (Å²) in [6.45, 7) is 13.1. The molecule has 0 saturated carbocycles. The Bertz CT molecular complexity index is 1230. The van der Waals surface area contributed by atoms with Crippen molar-refractivity contribution in [2.75, 3.05) is 10.6 Å². The molecule has 0 amide bonds. The Morgan fingerprint density at radius 2 is 1.12 bits per heavy atom. The van der Waals surface area contributed by atoms with Gasteiger partial charge in [0.05, 0.1) is 17.4 Å². The highest BCUT2D eigenvalue weighted by atomic mass is 15.0. The second kappa shape index (κ2) is 8.70. The predicted octanol–water partition coefficient (Wildman–Crippen LogP) is 7.16. The minimum Gasteiger partial charge on any atom is -0.383 e. The van der Waals surface area contributed by atoms with Crippen LogP contribution in [0.2, 0.25) is 0 Å². The van der Waals surface area contributed by atoms with Crippen LogP contribution in [0.25, 0.3) is 33.3 Å². The summed E-state index contributed by atoms with van der Waals surface area (Å²) < 4.78 is 2.15. The summed E-state index contributed by atoms with van der Waals surface area (Å²) in [5.41, 5.74) is 12.0. The fourth-order valence-electron chi connectivity index (χ4n) is 4.48. The van der Waals surface area contributed by atoms with E-state index in [-0.39, 0.29) is 0 Å². The number of aromatic nitrogens is 2. The van der Waals surface area contributed by atoms with Gasteiger partial charge in [-0.15, -0.1) is 0 Å². The highest BCUT2D eigenvalue weighted by molar-refractivity contribution is 6.04. The number of imidazole rings is 1. The van der Waals surface area contributed by atoms with Crippen LogP contribution >= 0.6 is 0 Å². The standard InChI is InChI=1S/C28H34N4/c1-17(2)30-23-12-8-21(9-13-23)25-19(5)20(6)26(28-27(25)29-16-32(28)7)22-10-14-24(15-11-22)31-18(3)4/h8-18,30-31H,1-7H3. The topological polar surface area (TPSA) is 41.9 Å². The van der Waals surface area contributed by atoms with E-state index in [0.29, 0.717) is 12.1 Å². The van der Waals surface area contributed by atoms with Gasteiger partial charge in [-0.05, 0) is 88.1 Å². The monoisotopic (exact) mass is 426 g/mol. The first-order valence-electron chi connectivity index (χ1n) is 11.4. The Hall–Kier alpha value is -3.27. The minimum atomic E-state index is 0.411. The third-order valence-corrected chi connectivity index (χ3v) is 5.98. The predicted molar refractivity (Wildman–Crippen MR) is 139 cm³/mol. The summed E-state index contributed by atoms with van der Waals surface area (Å²) in [7, 11) is 2.09. The van der Waals surface area contributed by atoms with Gasteiger partial charge in [-0.3, -0.25) is 0 Å². The number of anilines is 2. The van der Waals surface area contributed by atoms with Gasteiger partial charge < -0.3 is 15.2 Å². The van der Waals surface area contributed by atoms with E-state index in [1.807, 2.05) is 6.33 Å². The Labute approximate surface area is 191 Å². The molecule has 0 bridgehead atoms. The van der Waals surface area contributed by atoms with Gasteiger partial charge >= 0.3 is 0 Å². The molecule has 4 heteroatoms. The molecule has 32 heavy (non-hydrogen) atoms. The Kier molecular flexibility index (Phi) is 5.96. The zero-order valence-corrected chi connectivity index (χ0v) is 20.2. The van der Waals surface area contributed by atoms with Crippen LogP contribution in [0, 0.1) is 13.8 Å². The molecule has 0 saturated heterocycles. The van der Waals surface area contributed by atoms with Crippen molar-refractivity contribution in [1.82, 2.24) is 9.55 Å². The van der Waals surface area contributed by atoms with Gasteiger partial charge in [-0.25, -0.2) is 4.98 Å². The highest BCUT2D eigenvalue weighted by Gasteiger charge is 2.20. The van der Waals surface area contributed by atoms with Gasteiger partial charge in [0.1, 0.15) is 0 Å². The van der Waals surface area contributed by atoms with E-state index in [4.69, 9.17) is 4.98 Å². The number of hydrogen-bond acceptors (Lipinski definition) is 3. The van der Waals surface area contributed by atoms with Gasteiger partial charge in [0, 0.05) is 41.6 Å². The summed E-state index contributed by atoms with van der Waals surface area (Å²) in [4.78, 5) is 4.85. The van der Waals surface area contributed by atoms with Crippen LogP contribution in [0.4, 0.5) is 11.4 Å². The number of fused-ring (bicyclic) bond motifs is 1. The molecule has 0 aliphatic rings. The van der Waals surface area contributed by atoms with Crippen molar-refractivity contribution in [3.63, 3.8) is 0 Å². The summed E-state index contributed by atoms with van der Waals surface area (Å²) in [6.07, 6.45) is 1.93. The minimum absolute atomic E-state index is 0.411. The van der Waals surface area contributed by atoms with Gasteiger partial charge in [-0.2, -0.15) is 0 Å². The lowest BCUT2D eigenvalue weighted by molar-refractivity contribution is 0.899. The van der Waals surface area contributed by atoms with Crippen molar-refractivity contribution in [3.05, 3.63) is 66.0 Å². The maximum Gasteiger partial charge on any atom is 0.0972 e. The quantitative estimate of drug-likeness (QED) is 0.343. The number of nitrogens with one attached hydrogen (secondary N) is 2. The lowest BCUT2D eigenvalue weighted by Crippen LogP contribution is -2.09. The van der Waals surface area contributed by atoms with Crippen molar-refractivity contribution < 1.29 is 0 Å². The largest absolute Gasteiger partial charge is 0.383 e. The molecule has 0 unspecified atom stereocenters. The molecule has 1 aromatic heterocycles. The first-order chi connectivity index (χ1) is 15.3. The molecule has 0 fully saturated rings. The van der Waals surface area contributed by atoms with Crippen LogP contribution < -0.4 is 10.6 Å². The van der Waals surface area contributed by atoms with Crippen LogP contribution in [0.3, 0.4) is 0 Å². The van der Waals surface area contributed by atoms with Gasteiger partial charge in [0.25, 0.3) is 0 Å². The molecule has 0 radical (unpaired) electrons. The van der Waals surface area contributed by atoms with E-state index in [1.165, 1.54) is 38.9 Å². The molecule has 0 spiro atoms. The maximum atomic E-state index is 4.85. The molecule has 4 aromatic rings. The third kappa shape index (κ3) is 4.10. The number of hydrogen-bond donors (Lipinski definition) is 2. The second-order valence-corrected chi connectivity index (χ2v) is 9.31. The van der Waals surface area contributed by atoms with Crippen LogP contribution in [0.5, 0.6) is 0 Å². The molecule has 2 N–H and O–H groups in total. The molecule has 3 aromatic carbocycles. The Morgan fingerprint density at radius 3 is 1.59 bits per heavy atom. The number of aryl methyl sites for hydroxylation is 1. The number of nitrogens with zero attached hydrogens (tertiary/aromatic N) is 2. The van der Waals surface area contributed by atoms with E-state index in [2.05, 4.69) is 112 Å². The van der Waals surface area contributed by atoms with Crippen molar-refractivity contribution in [3.8, 4) is 22.3 Å². The summed E-state index contributed by atoms with van der Waals surface area (Å²) in [6, 6.07) is 18.3. The smallest absolute Gasteiger partial charge is 0.0972 e. The Balaban J connectivity index is 1.86. The summed E-state index contributed by atoms with van der Waals surface area (Å²) >= 11 is 0. The molecular formula is C28H34N4. The van der Waals surface area contributed by atoms with Crippen molar-refractivity contribution in [2.24, 2.45) is 7.05 Å². The van der Waals surface area contributed by atoms with Crippen LogP contribution in [0.15, 0.2) is 54.9 Å². The van der Waals surface area contributed by atoms with Gasteiger partial charge in [0.2, 0.25) is 0 Å². The first kappa shape index (κ1) is 21.9. The molecule has 166 valence electrons. The van der Waals surface area contributed by atoms with E-state index >= 15 is 0 Å². The van der Waals surface area contributed by atoms with Crippen LogP contribution in [0.1, 0.15) is 38.8 Å². The van der Waals surface area contributed by atoms with E-state index in [0.717, 1.165) is 16.9 Å². The molecular weight excluding hydrogens is 392 g/mol. The average molecular weight is 427 g/mol. The van der Waals surface area contributed by atoms with Crippen molar-refractivity contribution >= 4 is 22.4 Å². The highest BCUT2D eigenvalue weighted by Crippen LogP contribution is 2.41. The molecule has 4 rings (SSSR count). The van der Waals surface area contributed by atoms with Gasteiger partial charge in [0.15, 0.2) is 0 Å². The normalized spacial score (nSPS) is 11.5. The van der Waals surface area contributed by atoms with E-state index in [9.17, 15) is 0 Å². The lowest BCUT2D eigenvalue weighted by Gasteiger charge is -2.18. The third-order valence-electron chi connectivity index (χ3n) is 5.98. The van der Waals surface area contributed by atoms with Crippen molar-refractivity contribution in [1.29, 1.82) is 0 Å². The second-order valence-electron chi connectivity index (χ2n) is 9.31. The molecule has 0 aliphatic heterocycles. The average Bonchev–Trinajstić information content (AvgIpc) is 3.11. The molecule has 0 atom stereocenters. The molecule has 1 heterocycles. The van der Waals surface area contributed by atoms with Crippen LogP contribution in [-0.2, 0) is 7.05 Å². The Morgan fingerprint density at radius 1 is 0.688 bits per heavy atom. The number of benzene rings is 3. The van der Waals surface area contributed by atoms with E-state index < -0.39 is 0 Å². The number of rotatable bonds is 6. The zero-order valence-electron chi connectivity index (χ0n) is 20.2. The summed E-state index contributed by atoms with van der Waals surface area (Å²) in [5.74, 6) is 0. The first-order valence-corrected chi connectivity index (χ1v) is 11.4. The zero-order chi connectivity index (χ0) is 23.0. The van der Waals surface area contributed by atoms with Gasteiger partial charge in [-0.1, -0.05) is 24.3 Å². The lowest BCUT2D eigenvalue weighted by atomic mass is 9.88. The van der Waals surface area contributed by atoms with Crippen molar-refractivity contribution in [2.45, 2.75) is 53.6 Å². The maximum absolute atomic E-state index is 4.85. The fourth-order valence-corrected chi connectivity index (χ4v) is 4.48.